The highest BCUT2D eigenvalue weighted by atomic mass is 32.2. The van der Waals surface area contributed by atoms with Crippen LogP contribution in [0.2, 0.25) is 0 Å². The molecule has 1 saturated heterocycles. The molecule has 2 aliphatic heterocycles. The predicted octanol–water partition coefficient (Wildman–Crippen LogP) is 2.20. The van der Waals surface area contributed by atoms with Gasteiger partial charge >= 0.3 is 5.97 Å². The molecule has 2 aromatic rings. The first-order chi connectivity index (χ1) is 20.7. The molecule has 0 bridgehead atoms. The molecule has 15 nitrogen and oxygen atoms in total. The summed E-state index contributed by atoms with van der Waals surface area (Å²) in [7, 11) is -14.4. The fraction of sp³-hybridized carbons (Fsp3) is 0.481. The maximum Gasteiger partial charge on any atom is 0.333 e. The van der Waals surface area contributed by atoms with Crippen LogP contribution in [0.4, 0.5) is 5.69 Å². The average Bonchev–Trinajstić information content (AvgIpc) is 3.34. The summed E-state index contributed by atoms with van der Waals surface area (Å²) in [4.78, 5) is 38.8. The van der Waals surface area contributed by atoms with Gasteiger partial charge in [-0.15, -0.1) is 5.06 Å². The van der Waals surface area contributed by atoms with E-state index < -0.39 is 69.1 Å². The SMILES string of the molecule is CC1=[N+](CCCS(=O)(=O)O)c2ccc3c(S(=O)(=O)[O-])cc(S(=O)(=O)O)cc3c2C1(C)CCCCCC(=O)ON1C(=O)CCC1=O. The lowest BCUT2D eigenvalue weighted by molar-refractivity contribution is -0.438. The Balaban J connectivity index is 1.68. The predicted molar refractivity (Wildman–Crippen MR) is 156 cm³/mol. The lowest BCUT2D eigenvalue weighted by Crippen LogP contribution is -2.32. The van der Waals surface area contributed by atoms with Crippen molar-refractivity contribution < 1.29 is 62.7 Å². The molecule has 0 radical (unpaired) electrons. The second-order valence-corrected chi connectivity index (χ2v) is 15.6. The molecule has 45 heavy (non-hydrogen) atoms. The Morgan fingerprint density at radius 3 is 2.20 bits per heavy atom. The van der Waals surface area contributed by atoms with Gasteiger partial charge in [-0.05, 0) is 43.4 Å². The lowest BCUT2D eigenvalue weighted by Gasteiger charge is -2.24. The number of nitrogens with zero attached hydrogens (tertiary/aromatic N) is 2. The minimum atomic E-state index is -5.20. The van der Waals surface area contributed by atoms with Gasteiger partial charge in [0.2, 0.25) is 5.69 Å². The van der Waals surface area contributed by atoms with Crippen LogP contribution < -0.4 is 0 Å². The maximum absolute atomic E-state index is 12.2. The first kappa shape index (κ1) is 34.6. The summed E-state index contributed by atoms with van der Waals surface area (Å²) in [5, 5.41) is 0.485. The van der Waals surface area contributed by atoms with Crippen molar-refractivity contribution in [2.24, 2.45) is 0 Å². The van der Waals surface area contributed by atoms with Crippen molar-refractivity contribution in [3.63, 3.8) is 0 Å². The van der Waals surface area contributed by atoms with E-state index in [1.807, 2.05) is 6.92 Å². The van der Waals surface area contributed by atoms with E-state index in [9.17, 15) is 53.3 Å². The smallest absolute Gasteiger partial charge is 0.333 e. The summed E-state index contributed by atoms with van der Waals surface area (Å²) in [5.74, 6) is -2.47. The van der Waals surface area contributed by atoms with Gasteiger partial charge in [0.05, 0.1) is 21.0 Å². The largest absolute Gasteiger partial charge is 0.744 e. The number of amides is 2. The normalized spacial score (nSPS) is 19.1. The average molecular weight is 689 g/mol. The van der Waals surface area contributed by atoms with Crippen molar-refractivity contribution in [2.75, 3.05) is 12.3 Å². The van der Waals surface area contributed by atoms with Gasteiger partial charge in [-0.2, -0.15) is 21.4 Å². The van der Waals surface area contributed by atoms with E-state index in [0.29, 0.717) is 53.8 Å². The Labute approximate surface area is 260 Å². The minimum absolute atomic E-state index is 0.0130. The van der Waals surface area contributed by atoms with Gasteiger partial charge in [-0.1, -0.05) is 12.8 Å². The number of unbranched alkanes of at least 4 members (excludes halogenated alkanes) is 2. The van der Waals surface area contributed by atoms with Crippen LogP contribution >= 0.6 is 0 Å². The second kappa shape index (κ2) is 12.5. The number of carbonyl (C=O) groups is 3. The molecule has 2 heterocycles. The van der Waals surface area contributed by atoms with Crippen molar-refractivity contribution in [3.8, 4) is 0 Å². The molecule has 0 spiro atoms. The minimum Gasteiger partial charge on any atom is -0.744 e. The molecular formula is C27H32N2O13S3. The standard InChI is InChI=1S/C27H32N2O13S3/c1-17-27(2,12-5-3-4-7-25(32)42-29-23(30)10-11-24(29)31)26-20-15-18(44(36,37)38)16-22(45(39,40)41)19(20)8-9-21(26)28(17)13-6-14-43(33,34)35/h8-9,15-16H,3-7,10-14H2,1-2H3,(H2-,33,34,35,36,37,38,39,40,41). The summed E-state index contributed by atoms with van der Waals surface area (Å²) in [6, 6.07) is 4.56. The highest BCUT2D eigenvalue weighted by Crippen LogP contribution is 2.48. The monoisotopic (exact) mass is 688 g/mol. The highest BCUT2D eigenvalue weighted by molar-refractivity contribution is 7.86. The Bertz CT molecular complexity index is 1940. The van der Waals surface area contributed by atoms with Crippen LogP contribution in [0.3, 0.4) is 0 Å². The first-order valence-electron chi connectivity index (χ1n) is 13.9. The van der Waals surface area contributed by atoms with Gasteiger partial charge in [-0.25, -0.2) is 13.2 Å². The van der Waals surface area contributed by atoms with Crippen molar-refractivity contribution >= 4 is 70.3 Å². The Morgan fingerprint density at radius 2 is 1.62 bits per heavy atom. The summed E-state index contributed by atoms with van der Waals surface area (Å²) < 4.78 is 104. The van der Waals surface area contributed by atoms with Crippen LogP contribution in [0.1, 0.15) is 70.8 Å². The molecule has 2 aromatic carbocycles. The van der Waals surface area contributed by atoms with Crippen molar-refractivity contribution in [3.05, 3.63) is 29.8 Å². The number of carbonyl (C=O) groups excluding carboxylic acids is 3. The van der Waals surface area contributed by atoms with E-state index >= 15 is 0 Å². The van der Waals surface area contributed by atoms with Crippen LogP contribution in [0.15, 0.2) is 34.1 Å². The van der Waals surface area contributed by atoms with Crippen LogP contribution in [0.5, 0.6) is 0 Å². The zero-order chi connectivity index (χ0) is 33.5. The number of benzene rings is 2. The topological polar surface area (TPSA) is 233 Å². The summed E-state index contributed by atoms with van der Waals surface area (Å²) >= 11 is 0. The van der Waals surface area contributed by atoms with E-state index in [-0.39, 0.29) is 43.0 Å². The number of imide groups is 1. The van der Waals surface area contributed by atoms with Crippen molar-refractivity contribution in [1.29, 1.82) is 0 Å². The quantitative estimate of drug-likeness (QED) is 0.133. The number of hydrogen-bond acceptors (Lipinski definition) is 11. The van der Waals surface area contributed by atoms with Crippen molar-refractivity contribution in [1.82, 2.24) is 5.06 Å². The number of hydrogen-bond donors (Lipinski definition) is 2. The van der Waals surface area contributed by atoms with Gasteiger partial charge < -0.3 is 9.39 Å². The maximum atomic E-state index is 12.2. The van der Waals surface area contributed by atoms with Crippen molar-refractivity contribution in [2.45, 2.75) is 80.4 Å². The van der Waals surface area contributed by atoms with Crippen LogP contribution in [-0.4, -0.2) is 84.3 Å². The molecule has 1 fully saturated rings. The van der Waals surface area contributed by atoms with E-state index in [1.54, 1.807) is 17.6 Å². The molecule has 0 aliphatic carbocycles. The third kappa shape index (κ3) is 7.41. The first-order valence-corrected chi connectivity index (χ1v) is 18.4. The van der Waals surface area contributed by atoms with Crippen LogP contribution in [-0.2, 0) is 55.0 Å². The highest BCUT2D eigenvalue weighted by Gasteiger charge is 2.47. The number of hydroxylamine groups is 2. The molecule has 1 atom stereocenters. The molecule has 0 saturated carbocycles. The Morgan fingerprint density at radius 1 is 0.978 bits per heavy atom. The summed E-state index contributed by atoms with van der Waals surface area (Å²) in [6.45, 7) is 3.69. The molecule has 2 N–H and O–H groups in total. The molecule has 18 heteroatoms. The van der Waals surface area contributed by atoms with Gasteiger partial charge in [0.1, 0.15) is 16.7 Å². The van der Waals surface area contributed by atoms with Gasteiger partial charge in [-0.3, -0.25) is 18.7 Å². The number of rotatable bonds is 13. The van der Waals surface area contributed by atoms with Crippen LogP contribution in [0, 0.1) is 0 Å². The van der Waals surface area contributed by atoms with Crippen LogP contribution in [0.25, 0.3) is 10.8 Å². The number of fused-ring (bicyclic) bond motifs is 3. The third-order valence-corrected chi connectivity index (χ3v) is 10.7. The molecule has 4 rings (SSSR count). The Hall–Kier alpha value is -3.29. The second-order valence-electron chi connectivity index (χ2n) is 11.2. The fourth-order valence-corrected chi connectivity index (χ4v) is 7.73. The van der Waals surface area contributed by atoms with Gasteiger partial charge in [0, 0.05) is 49.6 Å². The molecule has 0 aromatic heterocycles. The molecule has 2 amide bonds. The van der Waals surface area contributed by atoms with Gasteiger partial charge in [0.15, 0.2) is 5.71 Å². The van der Waals surface area contributed by atoms with E-state index in [2.05, 4.69) is 0 Å². The fourth-order valence-electron chi connectivity index (χ4n) is 5.91. The van der Waals surface area contributed by atoms with E-state index in [1.165, 1.54) is 6.07 Å². The third-order valence-electron chi connectivity index (χ3n) is 8.20. The molecular weight excluding hydrogens is 656 g/mol. The summed E-state index contributed by atoms with van der Waals surface area (Å²) in [6.07, 6.45) is 1.51. The zero-order valence-corrected chi connectivity index (χ0v) is 26.8. The van der Waals surface area contributed by atoms with E-state index in [4.69, 9.17) is 4.84 Å². The zero-order valence-electron chi connectivity index (χ0n) is 24.4. The van der Waals surface area contributed by atoms with E-state index in [0.717, 1.165) is 6.07 Å². The Kier molecular flexibility index (Phi) is 9.59. The lowest BCUT2D eigenvalue weighted by atomic mass is 9.74. The molecule has 2 aliphatic rings. The summed E-state index contributed by atoms with van der Waals surface area (Å²) in [5.41, 5.74) is 0.701. The van der Waals surface area contributed by atoms with Gasteiger partial charge in [0.25, 0.3) is 32.1 Å². The molecule has 1 unspecified atom stereocenters. The molecule has 246 valence electrons.